The van der Waals surface area contributed by atoms with E-state index in [0.717, 1.165) is 23.5 Å². The van der Waals surface area contributed by atoms with Crippen molar-refractivity contribution in [1.82, 2.24) is 9.88 Å². The fourth-order valence-corrected chi connectivity index (χ4v) is 5.24. The highest BCUT2D eigenvalue weighted by Gasteiger charge is 2.37. The average Bonchev–Trinajstić information content (AvgIpc) is 3.26. The highest BCUT2D eigenvalue weighted by Crippen LogP contribution is 2.40. The number of alkyl halides is 3. The summed E-state index contributed by atoms with van der Waals surface area (Å²) in [6, 6.07) is 1.63. The summed E-state index contributed by atoms with van der Waals surface area (Å²) in [6.45, 7) is 1.90. The van der Waals surface area contributed by atoms with Crippen LogP contribution in [0.2, 0.25) is 0 Å². The smallest absolute Gasteiger partial charge is 0.368 e. The second-order valence-corrected chi connectivity index (χ2v) is 10.1. The van der Waals surface area contributed by atoms with Crippen molar-refractivity contribution in [3.63, 3.8) is 0 Å². The normalized spacial score (nSPS) is 17.1. The van der Waals surface area contributed by atoms with Crippen LogP contribution in [0.1, 0.15) is 24.1 Å². The third kappa shape index (κ3) is 4.82. The maximum atomic E-state index is 13.4. The summed E-state index contributed by atoms with van der Waals surface area (Å²) in [7, 11) is -4.09. The van der Waals surface area contributed by atoms with Crippen LogP contribution in [0.25, 0.3) is 10.4 Å². The molecule has 0 saturated carbocycles. The minimum atomic E-state index is -4.87. The Morgan fingerprint density at radius 3 is 2.58 bits per heavy atom. The fraction of sp³-hybridized carbons (Fsp3) is 0.389. The molecule has 0 aliphatic carbocycles. The summed E-state index contributed by atoms with van der Waals surface area (Å²) in [6.07, 6.45) is -3.09. The van der Waals surface area contributed by atoms with Gasteiger partial charge in [0.15, 0.2) is 15.0 Å². The highest BCUT2D eigenvalue weighted by molar-refractivity contribution is 7.90. The van der Waals surface area contributed by atoms with Gasteiger partial charge in [0.05, 0.1) is 21.0 Å². The summed E-state index contributed by atoms with van der Waals surface area (Å²) < 4.78 is 63.8. The van der Waals surface area contributed by atoms with Crippen LogP contribution in [0.3, 0.4) is 0 Å². The van der Waals surface area contributed by atoms with E-state index >= 15 is 0 Å². The lowest BCUT2D eigenvalue weighted by Crippen LogP contribution is -2.45. The van der Waals surface area contributed by atoms with Crippen LogP contribution in [0, 0.1) is 6.92 Å². The molecule has 1 aliphatic heterocycles. The van der Waals surface area contributed by atoms with Crippen molar-refractivity contribution >= 4 is 38.2 Å². The fourth-order valence-electron chi connectivity index (χ4n) is 3.40. The first-order valence-electron chi connectivity index (χ1n) is 9.05. The number of sulfone groups is 1. The Hall–Kier alpha value is -2.67. The summed E-state index contributed by atoms with van der Waals surface area (Å²) >= 11 is 0.939. The first-order chi connectivity index (χ1) is 14.3. The molecule has 31 heavy (non-hydrogen) atoms. The molecule has 0 radical (unpaired) electrons. The van der Waals surface area contributed by atoms with Gasteiger partial charge < -0.3 is 10.6 Å². The number of urea groups is 1. The molecule has 1 saturated heterocycles. The largest absolute Gasteiger partial charge is 0.417 e. The number of thiazole rings is 1. The van der Waals surface area contributed by atoms with Crippen molar-refractivity contribution in [2.24, 2.45) is 5.73 Å². The molecule has 1 fully saturated rings. The van der Waals surface area contributed by atoms with E-state index in [1.807, 2.05) is 0 Å². The van der Waals surface area contributed by atoms with Gasteiger partial charge in [-0.05, 0) is 37.5 Å². The number of nitrogens with two attached hydrogens (primary N) is 1. The van der Waals surface area contributed by atoms with E-state index in [1.54, 1.807) is 6.92 Å². The first kappa shape index (κ1) is 23.0. The number of aromatic nitrogens is 1. The Morgan fingerprint density at radius 1 is 1.32 bits per heavy atom. The maximum Gasteiger partial charge on any atom is 0.417 e. The standard InChI is InChI=1S/C18H19F3N4O4S2/c1-9-14(10-5-6-13(31(2,28)29)11(8-10)18(19,20)21)30-16(23-9)24-17(27)25-7-3-4-12(25)15(22)26/h5-6,8,12H,3-4,7H2,1-2H3,(H2,22,26)(H,23,24,27)/t12-/m0/s1. The second kappa shape index (κ2) is 8.11. The zero-order valence-electron chi connectivity index (χ0n) is 16.5. The van der Waals surface area contributed by atoms with Crippen LogP contribution in [0.5, 0.6) is 0 Å². The van der Waals surface area contributed by atoms with Gasteiger partial charge >= 0.3 is 12.2 Å². The predicted octanol–water partition coefficient (Wildman–Crippen LogP) is 3.02. The van der Waals surface area contributed by atoms with Gasteiger partial charge in [-0.3, -0.25) is 10.1 Å². The number of halogens is 3. The van der Waals surface area contributed by atoms with Gasteiger partial charge in [0.2, 0.25) is 5.91 Å². The first-order valence-corrected chi connectivity index (χ1v) is 11.8. The third-order valence-corrected chi connectivity index (χ3v) is 7.08. The van der Waals surface area contributed by atoms with Gasteiger partial charge in [-0.15, -0.1) is 0 Å². The summed E-state index contributed by atoms with van der Waals surface area (Å²) in [4.78, 5) is 29.0. The number of primary amides is 1. The van der Waals surface area contributed by atoms with E-state index in [4.69, 9.17) is 5.73 Å². The number of nitrogens with one attached hydrogen (secondary N) is 1. The number of carbonyl (C=O) groups is 2. The molecule has 2 aromatic rings. The van der Waals surface area contributed by atoms with Crippen LogP contribution in [-0.2, 0) is 20.8 Å². The van der Waals surface area contributed by atoms with Gasteiger partial charge in [-0.2, -0.15) is 13.2 Å². The lowest BCUT2D eigenvalue weighted by molar-refractivity contribution is -0.139. The highest BCUT2D eigenvalue weighted by atomic mass is 32.2. The minimum Gasteiger partial charge on any atom is -0.368 e. The molecule has 3 amide bonds. The number of benzene rings is 1. The van der Waals surface area contributed by atoms with E-state index in [9.17, 15) is 31.2 Å². The molecule has 1 aliphatic rings. The quantitative estimate of drug-likeness (QED) is 0.702. The molecule has 1 aromatic heterocycles. The molecule has 3 rings (SSSR count). The Kier molecular flexibility index (Phi) is 6.02. The number of nitrogens with zero attached hydrogens (tertiary/aromatic N) is 2. The Bertz CT molecular complexity index is 1150. The zero-order valence-corrected chi connectivity index (χ0v) is 18.1. The van der Waals surface area contributed by atoms with Gasteiger partial charge in [0.1, 0.15) is 6.04 Å². The van der Waals surface area contributed by atoms with Crippen LogP contribution < -0.4 is 11.1 Å². The Balaban J connectivity index is 1.92. The van der Waals surface area contributed by atoms with Crippen molar-refractivity contribution in [3.05, 3.63) is 29.5 Å². The maximum absolute atomic E-state index is 13.4. The van der Waals surface area contributed by atoms with Crippen LogP contribution >= 0.6 is 11.3 Å². The van der Waals surface area contributed by atoms with Crippen molar-refractivity contribution in [2.75, 3.05) is 18.1 Å². The van der Waals surface area contributed by atoms with Gasteiger partial charge in [-0.1, -0.05) is 17.4 Å². The Labute approximate surface area is 180 Å². The molecule has 168 valence electrons. The van der Waals surface area contributed by atoms with Crippen molar-refractivity contribution < 1.29 is 31.2 Å². The summed E-state index contributed by atoms with van der Waals surface area (Å²) in [5.41, 5.74) is 4.51. The van der Waals surface area contributed by atoms with E-state index in [1.165, 1.54) is 11.0 Å². The van der Waals surface area contributed by atoms with Crippen LogP contribution in [0.15, 0.2) is 23.1 Å². The summed E-state index contributed by atoms with van der Waals surface area (Å²) in [5.74, 6) is -0.616. The molecule has 0 bridgehead atoms. The topological polar surface area (TPSA) is 122 Å². The predicted molar refractivity (Wildman–Crippen MR) is 108 cm³/mol. The van der Waals surface area contributed by atoms with E-state index in [0.29, 0.717) is 36.2 Å². The van der Waals surface area contributed by atoms with E-state index < -0.39 is 44.5 Å². The van der Waals surface area contributed by atoms with Gasteiger partial charge in [-0.25, -0.2) is 18.2 Å². The summed E-state index contributed by atoms with van der Waals surface area (Å²) in [5, 5.41) is 2.68. The monoisotopic (exact) mass is 476 g/mol. The van der Waals surface area contributed by atoms with Crippen molar-refractivity contribution in [1.29, 1.82) is 0 Å². The third-order valence-electron chi connectivity index (χ3n) is 4.80. The van der Waals surface area contributed by atoms with Crippen LogP contribution in [0.4, 0.5) is 23.1 Å². The van der Waals surface area contributed by atoms with Gasteiger partial charge in [0, 0.05) is 12.8 Å². The molecular formula is C18H19F3N4O4S2. The molecule has 3 N–H and O–H groups in total. The average molecular weight is 477 g/mol. The molecule has 2 heterocycles. The molecule has 1 atom stereocenters. The molecule has 0 unspecified atom stereocenters. The number of anilines is 1. The second-order valence-electron chi connectivity index (χ2n) is 7.10. The molecular weight excluding hydrogens is 457 g/mol. The molecule has 8 nitrogen and oxygen atoms in total. The number of amides is 3. The van der Waals surface area contributed by atoms with E-state index in [-0.39, 0.29) is 10.7 Å². The minimum absolute atomic E-state index is 0.117. The molecule has 1 aromatic carbocycles. The lowest BCUT2D eigenvalue weighted by Gasteiger charge is -2.21. The molecule has 0 spiro atoms. The Morgan fingerprint density at radius 2 is 2.00 bits per heavy atom. The van der Waals surface area contributed by atoms with Crippen molar-refractivity contribution in [2.45, 2.75) is 36.9 Å². The number of likely N-dealkylation sites (tertiary alicyclic amines) is 1. The number of hydrogen-bond donors (Lipinski definition) is 2. The SMILES string of the molecule is Cc1nc(NC(=O)N2CCC[C@H]2C(N)=O)sc1-c1ccc(S(C)(=O)=O)c(C(F)(F)F)c1. The number of hydrogen-bond acceptors (Lipinski definition) is 6. The van der Waals surface area contributed by atoms with Gasteiger partial charge in [0.25, 0.3) is 0 Å². The lowest BCUT2D eigenvalue weighted by atomic mass is 10.1. The van der Waals surface area contributed by atoms with Crippen LogP contribution in [-0.4, -0.2) is 49.1 Å². The number of rotatable bonds is 4. The van der Waals surface area contributed by atoms with Crippen molar-refractivity contribution in [3.8, 4) is 10.4 Å². The number of aryl methyl sites for hydroxylation is 1. The molecule has 13 heteroatoms. The van der Waals surface area contributed by atoms with E-state index in [2.05, 4.69) is 10.3 Å². The number of carbonyl (C=O) groups excluding carboxylic acids is 2. The zero-order chi connectivity index (χ0) is 23.1.